The molecule has 1 saturated heterocycles. The van der Waals surface area contributed by atoms with E-state index in [9.17, 15) is 4.79 Å². The van der Waals surface area contributed by atoms with Crippen LogP contribution in [0.1, 0.15) is 35.4 Å². The molecule has 1 amide bonds. The predicted molar refractivity (Wildman–Crippen MR) is 85.7 cm³/mol. The van der Waals surface area contributed by atoms with Gasteiger partial charge in [0.05, 0.1) is 11.2 Å². The first kappa shape index (κ1) is 15.2. The van der Waals surface area contributed by atoms with Crippen LogP contribution in [0.2, 0.25) is 0 Å². The fraction of sp³-hybridized carbons (Fsp3) is 0.533. The summed E-state index contributed by atoms with van der Waals surface area (Å²) < 4.78 is 1.72. The summed E-state index contributed by atoms with van der Waals surface area (Å²) in [4.78, 5) is 19.1. The van der Waals surface area contributed by atoms with Gasteiger partial charge in [-0.3, -0.25) is 9.48 Å². The Balaban J connectivity index is 1.63. The highest BCUT2D eigenvalue weighted by atomic mass is 32.1. The molecule has 2 aromatic rings. The fourth-order valence-corrected chi connectivity index (χ4v) is 3.80. The predicted octanol–water partition coefficient (Wildman–Crippen LogP) is 1.54. The van der Waals surface area contributed by atoms with E-state index in [-0.39, 0.29) is 11.9 Å². The molecule has 1 aliphatic heterocycles. The number of amides is 1. The van der Waals surface area contributed by atoms with Crippen LogP contribution < -0.4 is 5.32 Å². The minimum absolute atomic E-state index is 0.132. The molecule has 0 aliphatic carbocycles. The van der Waals surface area contributed by atoms with Crippen LogP contribution in [0.4, 0.5) is 0 Å². The van der Waals surface area contributed by atoms with E-state index in [4.69, 9.17) is 0 Å². The third kappa shape index (κ3) is 3.05. The van der Waals surface area contributed by atoms with E-state index in [0.717, 1.165) is 31.5 Å². The number of piperidine rings is 1. The van der Waals surface area contributed by atoms with Crippen molar-refractivity contribution in [2.24, 2.45) is 7.05 Å². The molecule has 118 valence electrons. The Bertz CT molecular complexity index is 616. The molecule has 1 aliphatic rings. The lowest BCUT2D eigenvalue weighted by molar-refractivity contribution is -0.134. The third-order valence-corrected chi connectivity index (χ3v) is 5.14. The number of aromatic nitrogens is 3. The van der Waals surface area contributed by atoms with Crippen molar-refractivity contribution in [1.29, 1.82) is 0 Å². The standard InChI is InChI=1S/C15H21N5OS/c1-16-13(12-9-18-19(2)10-12)15(21)20-6-3-11(4-7-20)14-17-5-8-22-14/h5,8-11,13,16H,3-4,6-7H2,1-2H3. The summed E-state index contributed by atoms with van der Waals surface area (Å²) in [5.74, 6) is 0.628. The van der Waals surface area contributed by atoms with Crippen molar-refractivity contribution in [1.82, 2.24) is 25.0 Å². The van der Waals surface area contributed by atoms with E-state index < -0.39 is 0 Å². The van der Waals surface area contributed by atoms with E-state index in [0.29, 0.717) is 5.92 Å². The Labute approximate surface area is 134 Å². The maximum absolute atomic E-state index is 12.7. The smallest absolute Gasteiger partial charge is 0.244 e. The molecule has 0 radical (unpaired) electrons. The van der Waals surface area contributed by atoms with Gasteiger partial charge in [-0.25, -0.2) is 4.98 Å². The zero-order chi connectivity index (χ0) is 15.5. The van der Waals surface area contributed by atoms with Gasteiger partial charge in [0.15, 0.2) is 0 Å². The molecule has 0 saturated carbocycles. The zero-order valence-electron chi connectivity index (χ0n) is 12.9. The maximum atomic E-state index is 12.7. The van der Waals surface area contributed by atoms with Crippen LogP contribution in [0.3, 0.4) is 0 Å². The molecule has 1 atom stereocenters. The fourth-order valence-electron chi connectivity index (χ4n) is 2.99. The molecule has 3 rings (SSSR count). The Morgan fingerprint density at radius 1 is 1.45 bits per heavy atom. The number of likely N-dealkylation sites (N-methyl/N-ethyl adjacent to an activating group) is 1. The minimum atomic E-state index is -0.315. The van der Waals surface area contributed by atoms with Crippen molar-refractivity contribution in [3.8, 4) is 0 Å². The molecule has 0 bridgehead atoms. The van der Waals surface area contributed by atoms with Crippen LogP contribution in [0, 0.1) is 0 Å². The number of thiazole rings is 1. The van der Waals surface area contributed by atoms with E-state index in [1.54, 1.807) is 22.2 Å². The highest BCUT2D eigenvalue weighted by Crippen LogP contribution is 2.30. The highest BCUT2D eigenvalue weighted by molar-refractivity contribution is 7.09. The molecule has 1 unspecified atom stereocenters. The Morgan fingerprint density at radius 3 is 2.77 bits per heavy atom. The van der Waals surface area contributed by atoms with Crippen LogP contribution in [0.15, 0.2) is 24.0 Å². The molecule has 1 N–H and O–H groups in total. The second-order valence-electron chi connectivity index (χ2n) is 5.64. The van der Waals surface area contributed by atoms with Crippen molar-refractivity contribution in [2.75, 3.05) is 20.1 Å². The first-order valence-electron chi connectivity index (χ1n) is 7.53. The molecule has 2 aromatic heterocycles. The number of hydrogen-bond donors (Lipinski definition) is 1. The summed E-state index contributed by atoms with van der Waals surface area (Å²) in [6, 6.07) is -0.315. The number of carbonyl (C=O) groups is 1. The van der Waals surface area contributed by atoms with E-state index in [2.05, 4.69) is 15.4 Å². The maximum Gasteiger partial charge on any atom is 0.244 e. The summed E-state index contributed by atoms with van der Waals surface area (Å²) in [7, 11) is 3.68. The zero-order valence-corrected chi connectivity index (χ0v) is 13.7. The van der Waals surface area contributed by atoms with Gasteiger partial charge in [-0.1, -0.05) is 0 Å². The van der Waals surface area contributed by atoms with Crippen LogP contribution in [-0.2, 0) is 11.8 Å². The van der Waals surface area contributed by atoms with Gasteiger partial charge in [0.2, 0.25) is 5.91 Å². The van der Waals surface area contributed by atoms with Gasteiger partial charge < -0.3 is 10.2 Å². The Morgan fingerprint density at radius 2 is 2.23 bits per heavy atom. The summed E-state index contributed by atoms with van der Waals surface area (Å²) in [6.45, 7) is 1.59. The Kier molecular flexibility index (Phi) is 4.54. The lowest BCUT2D eigenvalue weighted by Crippen LogP contribution is -2.43. The van der Waals surface area contributed by atoms with Crippen LogP contribution in [0.25, 0.3) is 0 Å². The number of nitrogens with zero attached hydrogens (tertiary/aromatic N) is 4. The molecule has 0 aromatic carbocycles. The average molecular weight is 319 g/mol. The van der Waals surface area contributed by atoms with Gasteiger partial charge in [-0.15, -0.1) is 11.3 Å². The lowest BCUT2D eigenvalue weighted by Gasteiger charge is -2.33. The molecule has 7 heteroatoms. The number of nitrogens with one attached hydrogen (secondary N) is 1. The third-order valence-electron chi connectivity index (χ3n) is 4.20. The van der Waals surface area contributed by atoms with Crippen LogP contribution >= 0.6 is 11.3 Å². The first-order chi connectivity index (χ1) is 10.7. The normalized spacial score (nSPS) is 17.6. The second-order valence-corrected chi connectivity index (χ2v) is 6.57. The van der Waals surface area contributed by atoms with Gasteiger partial charge in [0, 0.05) is 49.4 Å². The van der Waals surface area contributed by atoms with Gasteiger partial charge in [0.1, 0.15) is 6.04 Å². The summed E-state index contributed by atoms with van der Waals surface area (Å²) in [5, 5.41) is 10.5. The molecular weight excluding hydrogens is 298 g/mol. The monoisotopic (exact) mass is 319 g/mol. The highest BCUT2D eigenvalue weighted by Gasteiger charge is 2.30. The number of carbonyl (C=O) groups excluding carboxylic acids is 1. The number of hydrogen-bond acceptors (Lipinski definition) is 5. The molecule has 3 heterocycles. The molecule has 6 nitrogen and oxygen atoms in total. The van der Waals surface area contributed by atoms with Gasteiger partial charge in [-0.2, -0.15) is 5.10 Å². The van der Waals surface area contributed by atoms with Crippen molar-refractivity contribution >= 4 is 17.2 Å². The molecule has 22 heavy (non-hydrogen) atoms. The average Bonchev–Trinajstić information content (AvgIpc) is 3.20. The molecule has 1 fully saturated rings. The molecular formula is C15H21N5OS. The summed E-state index contributed by atoms with van der Waals surface area (Å²) in [6.07, 6.45) is 7.48. The topological polar surface area (TPSA) is 63.1 Å². The quantitative estimate of drug-likeness (QED) is 0.928. The summed E-state index contributed by atoms with van der Waals surface area (Å²) in [5.41, 5.74) is 0.914. The Hall–Kier alpha value is -1.73. The van der Waals surface area contributed by atoms with Crippen molar-refractivity contribution in [3.05, 3.63) is 34.5 Å². The van der Waals surface area contributed by atoms with Gasteiger partial charge in [-0.05, 0) is 19.9 Å². The van der Waals surface area contributed by atoms with E-state index in [1.807, 2.05) is 36.8 Å². The first-order valence-corrected chi connectivity index (χ1v) is 8.41. The van der Waals surface area contributed by atoms with E-state index in [1.165, 1.54) is 5.01 Å². The second kappa shape index (κ2) is 6.58. The van der Waals surface area contributed by atoms with Crippen molar-refractivity contribution < 1.29 is 4.79 Å². The van der Waals surface area contributed by atoms with Crippen LogP contribution in [0.5, 0.6) is 0 Å². The van der Waals surface area contributed by atoms with Gasteiger partial charge >= 0.3 is 0 Å². The van der Waals surface area contributed by atoms with Crippen LogP contribution in [-0.4, -0.2) is 45.7 Å². The van der Waals surface area contributed by atoms with E-state index >= 15 is 0 Å². The molecule has 0 spiro atoms. The largest absolute Gasteiger partial charge is 0.341 e. The SMILES string of the molecule is CNC(C(=O)N1CCC(c2nccs2)CC1)c1cnn(C)c1. The minimum Gasteiger partial charge on any atom is -0.341 e. The number of aryl methyl sites for hydroxylation is 1. The summed E-state index contributed by atoms with van der Waals surface area (Å²) >= 11 is 1.71. The number of likely N-dealkylation sites (tertiary alicyclic amines) is 1. The number of rotatable bonds is 4. The lowest BCUT2D eigenvalue weighted by atomic mass is 9.96. The van der Waals surface area contributed by atoms with Gasteiger partial charge in [0.25, 0.3) is 0 Å². The van der Waals surface area contributed by atoms with Crippen molar-refractivity contribution in [2.45, 2.75) is 24.8 Å². The van der Waals surface area contributed by atoms with Crippen molar-refractivity contribution in [3.63, 3.8) is 0 Å².